The van der Waals surface area contributed by atoms with Crippen LogP contribution in [0.2, 0.25) is 0 Å². The normalized spacial score (nSPS) is 36.4. The van der Waals surface area contributed by atoms with E-state index in [2.05, 4.69) is 5.10 Å². The van der Waals surface area contributed by atoms with Gasteiger partial charge in [0, 0.05) is 13.5 Å². The molecule has 1 aromatic rings. The van der Waals surface area contributed by atoms with Crippen molar-refractivity contribution in [3.05, 3.63) is 10.6 Å². The van der Waals surface area contributed by atoms with Crippen molar-refractivity contribution >= 4 is 12.2 Å². The molecule has 0 aromatic carbocycles. The molecule has 2 bridgehead atoms. The minimum atomic E-state index is -0.608. The maximum atomic E-state index is 9.86. The fourth-order valence-corrected chi connectivity index (χ4v) is 2.69. The summed E-state index contributed by atoms with van der Waals surface area (Å²) >= 11 is 5.33. The van der Waals surface area contributed by atoms with E-state index in [0.717, 1.165) is 5.82 Å². The number of hydrogen-bond donors (Lipinski definition) is 1. The molecule has 3 heterocycles. The van der Waals surface area contributed by atoms with Crippen LogP contribution in [0.25, 0.3) is 0 Å². The van der Waals surface area contributed by atoms with Crippen molar-refractivity contribution in [2.24, 2.45) is 7.05 Å². The van der Waals surface area contributed by atoms with Crippen LogP contribution in [0, 0.1) is 11.7 Å². The van der Waals surface area contributed by atoms with Gasteiger partial charge in [-0.1, -0.05) is 0 Å². The Morgan fingerprint density at radius 2 is 2.29 bits per heavy atom. The highest BCUT2D eigenvalue weighted by molar-refractivity contribution is 7.71. The molecule has 3 rings (SSSR count). The van der Waals surface area contributed by atoms with Gasteiger partial charge in [-0.25, -0.2) is 4.68 Å². The molecule has 4 unspecified atom stereocenters. The standard InChI is InChI=1S/C10H15N3O3S/c1-5-11-13(10(17)12(5)2)6-3-7(14)9-15-4-8(6)16-9/h6-9,14H,3-4H2,1-2H3. The molecule has 0 saturated carbocycles. The zero-order valence-electron chi connectivity index (χ0n) is 9.74. The third kappa shape index (κ3) is 1.65. The van der Waals surface area contributed by atoms with Gasteiger partial charge < -0.3 is 19.1 Å². The highest BCUT2D eigenvalue weighted by atomic mass is 32.1. The molecule has 6 nitrogen and oxygen atoms in total. The Labute approximate surface area is 104 Å². The van der Waals surface area contributed by atoms with Gasteiger partial charge in [0.25, 0.3) is 0 Å². The Kier molecular flexibility index (Phi) is 2.58. The lowest BCUT2D eigenvalue weighted by atomic mass is 10.0. The Bertz CT molecular complexity index is 497. The van der Waals surface area contributed by atoms with Crippen LogP contribution in [-0.4, -0.2) is 44.6 Å². The average molecular weight is 257 g/mol. The summed E-state index contributed by atoms with van der Waals surface area (Å²) in [5.74, 6) is 0.852. The lowest BCUT2D eigenvalue weighted by Crippen LogP contribution is -2.40. The molecular weight excluding hydrogens is 242 g/mol. The van der Waals surface area contributed by atoms with Crippen molar-refractivity contribution in [1.29, 1.82) is 0 Å². The first-order chi connectivity index (χ1) is 8.08. The number of aliphatic hydroxyl groups is 1. The maximum absolute atomic E-state index is 9.86. The van der Waals surface area contributed by atoms with Crippen LogP contribution in [0.1, 0.15) is 18.3 Å². The molecular formula is C10H15N3O3S. The summed E-state index contributed by atoms with van der Waals surface area (Å²) in [4.78, 5) is 0. The molecule has 1 aromatic heterocycles. The van der Waals surface area contributed by atoms with E-state index in [1.807, 2.05) is 18.5 Å². The van der Waals surface area contributed by atoms with Crippen molar-refractivity contribution in [1.82, 2.24) is 14.3 Å². The van der Waals surface area contributed by atoms with Crippen molar-refractivity contribution < 1.29 is 14.6 Å². The van der Waals surface area contributed by atoms with Gasteiger partial charge >= 0.3 is 0 Å². The highest BCUT2D eigenvalue weighted by Gasteiger charge is 2.44. The number of aliphatic hydroxyl groups excluding tert-OH is 1. The van der Waals surface area contributed by atoms with Gasteiger partial charge in [0.1, 0.15) is 18.0 Å². The Balaban J connectivity index is 1.98. The van der Waals surface area contributed by atoms with Gasteiger partial charge in [-0.05, 0) is 19.1 Å². The minimum absolute atomic E-state index is 0.0452. The monoisotopic (exact) mass is 257 g/mol. The van der Waals surface area contributed by atoms with Crippen molar-refractivity contribution in [3.8, 4) is 0 Å². The van der Waals surface area contributed by atoms with Crippen molar-refractivity contribution in [2.45, 2.75) is 37.9 Å². The van der Waals surface area contributed by atoms with E-state index in [9.17, 15) is 5.11 Å². The number of hydrogen-bond acceptors (Lipinski definition) is 5. The van der Waals surface area contributed by atoms with Gasteiger partial charge in [-0.15, -0.1) is 0 Å². The summed E-state index contributed by atoms with van der Waals surface area (Å²) < 4.78 is 15.2. The predicted molar refractivity (Wildman–Crippen MR) is 61.0 cm³/mol. The number of ether oxygens (including phenoxy) is 2. The summed E-state index contributed by atoms with van der Waals surface area (Å²) in [5, 5.41) is 14.3. The molecule has 2 aliphatic rings. The molecule has 2 saturated heterocycles. The predicted octanol–water partition coefficient (Wildman–Crippen LogP) is 0.307. The lowest BCUT2D eigenvalue weighted by Gasteiger charge is -2.30. The third-order valence-electron chi connectivity index (χ3n) is 3.49. The van der Waals surface area contributed by atoms with Crippen LogP contribution >= 0.6 is 12.2 Å². The fourth-order valence-electron chi connectivity index (χ4n) is 2.39. The molecule has 7 heteroatoms. The van der Waals surface area contributed by atoms with Crippen LogP contribution in [0.3, 0.4) is 0 Å². The second kappa shape index (κ2) is 3.88. The van der Waals surface area contributed by atoms with Gasteiger partial charge in [-0.2, -0.15) is 5.10 Å². The SMILES string of the molecule is Cc1nn(C2CC(O)C3OCC2O3)c(=S)n1C. The molecule has 0 spiro atoms. The first kappa shape index (κ1) is 11.3. The number of rotatable bonds is 1. The summed E-state index contributed by atoms with van der Waals surface area (Å²) in [7, 11) is 1.88. The summed E-state index contributed by atoms with van der Waals surface area (Å²) in [6.45, 7) is 2.39. The second-order valence-electron chi connectivity index (χ2n) is 4.58. The molecule has 2 fully saturated rings. The number of aromatic nitrogens is 3. The first-order valence-corrected chi connectivity index (χ1v) is 6.06. The highest BCUT2D eigenvalue weighted by Crippen LogP contribution is 2.34. The van der Waals surface area contributed by atoms with Gasteiger partial charge in [0.05, 0.1) is 12.6 Å². The smallest absolute Gasteiger partial charge is 0.197 e. The first-order valence-electron chi connectivity index (χ1n) is 5.65. The topological polar surface area (TPSA) is 61.4 Å². The summed E-state index contributed by atoms with van der Waals surface area (Å²) in [6, 6.07) is -0.0452. The molecule has 2 aliphatic heterocycles. The summed E-state index contributed by atoms with van der Waals surface area (Å²) in [5.41, 5.74) is 0. The van der Waals surface area contributed by atoms with Gasteiger partial charge in [0.15, 0.2) is 11.1 Å². The van der Waals surface area contributed by atoms with Gasteiger partial charge in [0.2, 0.25) is 0 Å². The van der Waals surface area contributed by atoms with Crippen LogP contribution in [0.4, 0.5) is 0 Å². The number of aryl methyl sites for hydroxylation is 1. The van der Waals surface area contributed by atoms with Crippen molar-refractivity contribution in [3.63, 3.8) is 0 Å². The van der Waals surface area contributed by atoms with E-state index in [1.165, 1.54) is 0 Å². The Hall–Kier alpha value is -0.760. The Morgan fingerprint density at radius 1 is 1.53 bits per heavy atom. The molecule has 0 radical (unpaired) electrons. The second-order valence-corrected chi connectivity index (χ2v) is 4.95. The van der Waals surface area contributed by atoms with Crippen LogP contribution in [0.5, 0.6) is 0 Å². The van der Waals surface area contributed by atoms with Crippen molar-refractivity contribution in [2.75, 3.05) is 6.61 Å². The molecule has 0 aliphatic carbocycles. The molecule has 94 valence electrons. The van der Waals surface area contributed by atoms with E-state index in [4.69, 9.17) is 21.7 Å². The van der Waals surface area contributed by atoms with E-state index in [1.54, 1.807) is 4.68 Å². The van der Waals surface area contributed by atoms with Crippen LogP contribution in [-0.2, 0) is 16.5 Å². The summed E-state index contributed by atoms with van der Waals surface area (Å²) in [6.07, 6.45) is -0.581. The zero-order chi connectivity index (χ0) is 12.2. The van der Waals surface area contributed by atoms with E-state index < -0.39 is 12.4 Å². The van der Waals surface area contributed by atoms with E-state index in [-0.39, 0.29) is 12.1 Å². The molecule has 4 atom stereocenters. The third-order valence-corrected chi connectivity index (χ3v) is 3.96. The average Bonchev–Trinajstić information content (AvgIpc) is 2.84. The lowest BCUT2D eigenvalue weighted by molar-refractivity contribution is -0.166. The molecule has 17 heavy (non-hydrogen) atoms. The minimum Gasteiger partial charge on any atom is -0.388 e. The van der Waals surface area contributed by atoms with E-state index >= 15 is 0 Å². The largest absolute Gasteiger partial charge is 0.388 e. The van der Waals surface area contributed by atoms with Crippen LogP contribution < -0.4 is 0 Å². The van der Waals surface area contributed by atoms with Crippen LogP contribution in [0.15, 0.2) is 0 Å². The molecule has 1 N–H and O–H groups in total. The fraction of sp³-hybridized carbons (Fsp3) is 0.800. The van der Waals surface area contributed by atoms with E-state index in [0.29, 0.717) is 17.8 Å². The zero-order valence-corrected chi connectivity index (χ0v) is 10.6. The molecule has 0 amide bonds. The number of nitrogens with zero attached hydrogens (tertiary/aromatic N) is 3. The quantitative estimate of drug-likeness (QED) is 0.734. The number of fused-ring (bicyclic) bond motifs is 2. The van der Waals surface area contributed by atoms with Gasteiger partial charge in [-0.3, -0.25) is 0 Å². The maximum Gasteiger partial charge on any atom is 0.197 e. The Morgan fingerprint density at radius 3 is 2.94 bits per heavy atom.